The summed E-state index contributed by atoms with van der Waals surface area (Å²) in [6.45, 7) is 4.10. The van der Waals surface area contributed by atoms with Crippen LogP contribution in [0.5, 0.6) is 5.88 Å². The summed E-state index contributed by atoms with van der Waals surface area (Å²) >= 11 is 0. The van der Waals surface area contributed by atoms with Gasteiger partial charge in [0.2, 0.25) is 5.88 Å². The van der Waals surface area contributed by atoms with Crippen molar-refractivity contribution in [2.45, 2.75) is 13.8 Å². The summed E-state index contributed by atoms with van der Waals surface area (Å²) in [5, 5.41) is 0. The SMILES string of the molecule is CCOc1cc(C)c(F)cn1. The fourth-order valence-corrected chi connectivity index (χ4v) is 0.740. The van der Waals surface area contributed by atoms with Gasteiger partial charge in [0.25, 0.3) is 0 Å². The van der Waals surface area contributed by atoms with E-state index in [4.69, 9.17) is 4.74 Å². The lowest BCUT2D eigenvalue weighted by atomic mass is 10.3. The molecule has 0 aliphatic heterocycles. The molecule has 1 rings (SSSR count). The van der Waals surface area contributed by atoms with Crippen molar-refractivity contribution in [1.29, 1.82) is 0 Å². The molecule has 0 fully saturated rings. The normalized spacial score (nSPS) is 9.73. The van der Waals surface area contributed by atoms with Gasteiger partial charge in [-0.3, -0.25) is 0 Å². The molecule has 1 aromatic heterocycles. The zero-order valence-electron chi connectivity index (χ0n) is 6.60. The van der Waals surface area contributed by atoms with E-state index in [1.165, 1.54) is 6.20 Å². The Morgan fingerprint density at radius 3 is 2.91 bits per heavy atom. The smallest absolute Gasteiger partial charge is 0.213 e. The number of rotatable bonds is 2. The quantitative estimate of drug-likeness (QED) is 0.651. The van der Waals surface area contributed by atoms with E-state index < -0.39 is 0 Å². The van der Waals surface area contributed by atoms with Crippen molar-refractivity contribution in [3.8, 4) is 5.88 Å². The van der Waals surface area contributed by atoms with E-state index in [9.17, 15) is 4.39 Å². The predicted molar refractivity (Wildman–Crippen MR) is 40.1 cm³/mol. The van der Waals surface area contributed by atoms with Crippen molar-refractivity contribution < 1.29 is 9.13 Å². The fraction of sp³-hybridized carbons (Fsp3) is 0.375. The van der Waals surface area contributed by atoms with Crippen LogP contribution >= 0.6 is 0 Å². The maximum Gasteiger partial charge on any atom is 0.213 e. The molecule has 0 saturated carbocycles. The number of halogens is 1. The number of aryl methyl sites for hydroxylation is 1. The van der Waals surface area contributed by atoms with Crippen LogP contribution in [-0.4, -0.2) is 11.6 Å². The van der Waals surface area contributed by atoms with E-state index in [0.29, 0.717) is 18.1 Å². The molecule has 2 nitrogen and oxygen atoms in total. The standard InChI is InChI=1S/C8H10FNO/c1-3-11-8-4-6(2)7(9)5-10-8/h4-5H,3H2,1-2H3. The largest absolute Gasteiger partial charge is 0.478 e. The van der Waals surface area contributed by atoms with Crippen LogP contribution in [0.3, 0.4) is 0 Å². The van der Waals surface area contributed by atoms with Crippen molar-refractivity contribution in [2.75, 3.05) is 6.61 Å². The number of hydrogen-bond acceptors (Lipinski definition) is 2. The zero-order chi connectivity index (χ0) is 8.27. The molecule has 11 heavy (non-hydrogen) atoms. The van der Waals surface area contributed by atoms with Gasteiger partial charge in [0, 0.05) is 6.07 Å². The van der Waals surface area contributed by atoms with E-state index >= 15 is 0 Å². The lowest BCUT2D eigenvalue weighted by Crippen LogP contribution is -1.95. The summed E-state index contributed by atoms with van der Waals surface area (Å²) in [4.78, 5) is 3.73. The van der Waals surface area contributed by atoms with Crippen molar-refractivity contribution in [3.05, 3.63) is 23.6 Å². The summed E-state index contributed by atoms with van der Waals surface area (Å²) in [7, 11) is 0. The van der Waals surface area contributed by atoms with Gasteiger partial charge in [-0.2, -0.15) is 0 Å². The molecule has 1 aromatic rings. The van der Waals surface area contributed by atoms with Crippen LogP contribution in [0.15, 0.2) is 12.3 Å². The molecule has 1 heterocycles. The molecule has 3 heteroatoms. The van der Waals surface area contributed by atoms with Crippen LogP contribution in [0.1, 0.15) is 12.5 Å². The average molecular weight is 155 g/mol. The van der Waals surface area contributed by atoms with Gasteiger partial charge in [0.15, 0.2) is 0 Å². The van der Waals surface area contributed by atoms with Crippen LogP contribution in [0.4, 0.5) is 4.39 Å². The molecule has 0 aliphatic rings. The maximum atomic E-state index is 12.6. The number of nitrogens with zero attached hydrogens (tertiary/aromatic N) is 1. The van der Waals surface area contributed by atoms with Gasteiger partial charge in [0.1, 0.15) is 5.82 Å². The molecule has 0 N–H and O–H groups in total. The third-order valence-corrected chi connectivity index (χ3v) is 1.31. The van der Waals surface area contributed by atoms with Crippen LogP contribution in [0.2, 0.25) is 0 Å². The molecule has 0 spiro atoms. The minimum atomic E-state index is -0.298. The summed E-state index contributed by atoms with van der Waals surface area (Å²) in [6.07, 6.45) is 1.17. The molecule has 0 bridgehead atoms. The second-order valence-electron chi connectivity index (χ2n) is 2.20. The van der Waals surface area contributed by atoms with Gasteiger partial charge in [0.05, 0.1) is 12.8 Å². The van der Waals surface area contributed by atoms with E-state index in [0.717, 1.165) is 0 Å². The first kappa shape index (κ1) is 7.98. The van der Waals surface area contributed by atoms with E-state index in [1.54, 1.807) is 13.0 Å². The number of hydrogen-bond donors (Lipinski definition) is 0. The summed E-state index contributed by atoms with van der Waals surface area (Å²) in [6, 6.07) is 1.58. The molecule has 0 amide bonds. The Kier molecular flexibility index (Phi) is 2.41. The summed E-state index contributed by atoms with van der Waals surface area (Å²) < 4.78 is 17.7. The minimum absolute atomic E-state index is 0.298. The van der Waals surface area contributed by atoms with Crippen molar-refractivity contribution >= 4 is 0 Å². The first-order valence-corrected chi connectivity index (χ1v) is 3.49. The molecular formula is C8H10FNO. The van der Waals surface area contributed by atoms with Gasteiger partial charge in [-0.1, -0.05) is 0 Å². The van der Waals surface area contributed by atoms with Gasteiger partial charge in [-0.15, -0.1) is 0 Å². The molecule has 0 aliphatic carbocycles. The second kappa shape index (κ2) is 3.32. The first-order valence-electron chi connectivity index (χ1n) is 3.49. The Bertz CT molecular complexity index is 250. The molecule has 60 valence electrons. The van der Waals surface area contributed by atoms with Crippen LogP contribution < -0.4 is 4.74 Å². The molecular weight excluding hydrogens is 145 g/mol. The molecule has 0 saturated heterocycles. The van der Waals surface area contributed by atoms with Gasteiger partial charge < -0.3 is 4.74 Å². The Morgan fingerprint density at radius 2 is 2.36 bits per heavy atom. The van der Waals surface area contributed by atoms with Crippen LogP contribution in [0.25, 0.3) is 0 Å². The zero-order valence-corrected chi connectivity index (χ0v) is 6.60. The maximum absolute atomic E-state index is 12.6. The lowest BCUT2D eigenvalue weighted by Gasteiger charge is -2.01. The number of aromatic nitrogens is 1. The van der Waals surface area contributed by atoms with Crippen LogP contribution in [0, 0.1) is 12.7 Å². The monoisotopic (exact) mass is 155 g/mol. The lowest BCUT2D eigenvalue weighted by molar-refractivity contribution is 0.325. The Balaban J connectivity index is 2.86. The molecule has 0 atom stereocenters. The minimum Gasteiger partial charge on any atom is -0.478 e. The highest BCUT2D eigenvalue weighted by molar-refractivity contribution is 5.20. The van der Waals surface area contributed by atoms with E-state index in [1.807, 2.05) is 6.92 Å². The third kappa shape index (κ3) is 1.90. The highest BCUT2D eigenvalue weighted by Crippen LogP contribution is 2.11. The Labute approximate surface area is 65.0 Å². The van der Waals surface area contributed by atoms with Crippen LogP contribution in [-0.2, 0) is 0 Å². The number of pyridine rings is 1. The summed E-state index contributed by atoms with van der Waals surface area (Å²) in [5.41, 5.74) is 0.559. The Morgan fingerprint density at radius 1 is 1.64 bits per heavy atom. The molecule has 0 aromatic carbocycles. The summed E-state index contributed by atoms with van der Waals surface area (Å²) in [5.74, 6) is 0.180. The number of ether oxygens (including phenoxy) is 1. The topological polar surface area (TPSA) is 22.1 Å². The van der Waals surface area contributed by atoms with Crippen molar-refractivity contribution in [3.63, 3.8) is 0 Å². The highest BCUT2D eigenvalue weighted by atomic mass is 19.1. The van der Waals surface area contributed by atoms with Gasteiger partial charge in [-0.25, -0.2) is 9.37 Å². The highest BCUT2D eigenvalue weighted by Gasteiger charge is 1.99. The molecule has 0 radical (unpaired) electrons. The fourth-order valence-electron chi connectivity index (χ4n) is 0.740. The van der Waals surface area contributed by atoms with Gasteiger partial charge in [-0.05, 0) is 19.4 Å². The van der Waals surface area contributed by atoms with E-state index in [2.05, 4.69) is 4.98 Å². The molecule has 0 unspecified atom stereocenters. The first-order chi connectivity index (χ1) is 5.24. The Hall–Kier alpha value is -1.12. The predicted octanol–water partition coefficient (Wildman–Crippen LogP) is 1.93. The van der Waals surface area contributed by atoms with Crippen molar-refractivity contribution in [2.24, 2.45) is 0 Å². The average Bonchev–Trinajstić information content (AvgIpc) is 1.98. The van der Waals surface area contributed by atoms with Crippen molar-refractivity contribution in [1.82, 2.24) is 4.98 Å². The second-order valence-corrected chi connectivity index (χ2v) is 2.20. The van der Waals surface area contributed by atoms with E-state index in [-0.39, 0.29) is 5.82 Å². The van der Waals surface area contributed by atoms with Gasteiger partial charge >= 0.3 is 0 Å². The third-order valence-electron chi connectivity index (χ3n) is 1.31.